The van der Waals surface area contributed by atoms with E-state index >= 15 is 0 Å². The predicted octanol–water partition coefficient (Wildman–Crippen LogP) is 4.38. The van der Waals surface area contributed by atoms with Crippen LogP contribution >= 0.6 is 11.6 Å². The van der Waals surface area contributed by atoms with E-state index in [0.29, 0.717) is 16.5 Å². The van der Waals surface area contributed by atoms with Crippen LogP contribution in [-0.2, 0) is 9.53 Å². The highest BCUT2D eigenvalue weighted by Crippen LogP contribution is 2.21. The summed E-state index contributed by atoms with van der Waals surface area (Å²) in [6, 6.07) is 25.4. The minimum absolute atomic E-state index is 0.140. The Hall–Kier alpha value is -3.97. The number of rotatable bonds is 6. The van der Waals surface area contributed by atoms with Gasteiger partial charge in [-0.2, -0.15) is 0 Å². The molecule has 4 rings (SSSR count). The average Bonchev–Trinajstić information content (AvgIpc) is 3.24. The fourth-order valence-corrected chi connectivity index (χ4v) is 3.07. The van der Waals surface area contributed by atoms with Crippen LogP contribution in [0.25, 0.3) is 17.1 Å². The number of esters is 1. The van der Waals surface area contributed by atoms with Gasteiger partial charge in [-0.3, -0.25) is 4.79 Å². The molecule has 0 radical (unpaired) electrons. The van der Waals surface area contributed by atoms with E-state index in [9.17, 15) is 9.59 Å². The Morgan fingerprint density at radius 1 is 0.935 bits per heavy atom. The average molecular weight is 433 g/mol. The molecule has 1 heterocycles. The second kappa shape index (κ2) is 9.23. The van der Waals surface area contributed by atoms with Crippen LogP contribution in [-0.4, -0.2) is 33.2 Å². The molecule has 7 nitrogen and oxygen atoms in total. The van der Waals surface area contributed by atoms with Crippen molar-refractivity contribution >= 4 is 29.2 Å². The number of benzene rings is 3. The van der Waals surface area contributed by atoms with Crippen LogP contribution in [0.2, 0.25) is 5.02 Å². The summed E-state index contributed by atoms with van der Waals surface area (Å²) in [5.41, 5.74) is 2.04. The lowest BCUT2D eigenvalue weighted by molar-refractivity contribution is -0.119. The third-order valence-corrected chi connectivity index (χ3v) is 4.50. The lowest BCUT2D eigenvalue weighted by Gasteiger charge is -2.05. The van der Waals surface area contributed by atoms with Gasteiger partial charge in [0.15, 0.2) is 12.4 Å². The van der Waals surface area contributed by atoms with Crippen molar-refractivity contribution in [3.8, 4) is 17.1 Å². The second-order valence-corrected chi connectivity index (χ2v) is 6.94. The highest BCUT2D eigenvalue weighted by molar-refractivity contribution is 6.30. The monoisotopic (exact) mass is 432 g/mol. The molecule has 0 aliphatic rings. The Labute approximate surface area is 183 Å². The van der Waals surface area contributed by atoms with Gasteiger partial charge in [0.1, 0.15) is 0 Å². The fourth-order valence-electron chi connectivity index (χ4n) is 2.88. The van der Waals surface area contributed by atoms with E-state index in [1.165, 1.54) is 0 Å². The Morgan fingerprint density at radius 3 is 2.35 bits per heavy atom. The molecule has 3 aromatic carbocycles. The first-order valence-corrected chi connectivity index (χ1v) is 9.78. The Balaban J connectivity index is 1.52. The maximum Gasteiger partial charge on any atom is 0.378 e. The first-order valence-electron chi connectivity index (χ1n) is 9.40. The van der Waals surface area contributed by atoms with E-state index in [0.717, 1.165) is 11.3 Å². The summed E-state index contributed by atoms with van der Waals surface area (Å²) < 4.78 is 6.68. The van der Waals surface area contributed by atoms with E-state index < -0.39 is 18.5 Å². The van der Waals surface area contributed by atoms with Crippen LogP contribution in [0.4, 0.5) is 5.69 Å². The number of carbonyl (C=O) groups is 2. The number of hydrogen-bond donors (Lipinski definition) is 1. The molecule has 0 saturated carbocycles. The number of anilines is 1. The van der Waals surface area contributed by atoms with Crippen molar-refractivity contribution in [1.29, 1.82) is 0 Å². The number of nitrogens with one attached hydrogen (secondary N) is 1. The van der Waals surface area contributed by atoms with Gasteiger partial charge >= 0.3 is 5.97 Å². The van der Waals surface area contributed by atoms with E-state index in [1.807, 2.05) is 60.7 Å². The van der Waals surface area contributed by atoms with Crippen molar-refractivity contribution in [3.05, 3.63) is 95.8 Å². The van der Waals surface area contributed by atoms with Crippen LogP contribution in [0.1, 0.15) is 10.6 Å². The summed E-state index contributed by atoms with van der Waals surface area (Å²) in [7, 11) is 0. The van der Waals surface area contributed by atoms with Gasteiger partial charge in [-0.15, -0.1) is 5.10 Å². The van der Waals surface area contributed by atoms with Crippen LogP contribution in [0.5, 0.6) is 0 Å². The van der Waals surface area contributed by atoms with Gasteiger partial charge in [0.05, 0.1) is 5.69 Å². The first kappa shape index (κ1) is 20.3. The molecule has 1 N–H and O–H groups in total. The minimum atomic E-state index is -0.798. The van der Waals surface area contributed by atoms with Gasteiger partial charge in [-0.1, -0.05) is 66.2 Å². The van der Waals surface area contributed by atoms with Gasteiger partial charge < -0.3 is 10.1 Å². The van der Waals surface area contributed by atoms with Crippen molar-refractivity contribution in [3.63, 3.8) is 0 Å². The van der Waals surface area contributed by atoms with E-state index in [4.69, 9.17) is 16.3 Å². The lowest BCUT2D eigenvalue weighted by Crippen LogP contribution is -2.21. The van der Waals surface area contributed by atoms with Gasteiger partial charge in [0.25, 0.3) is 11.7 Å². The molecular formula is C23H17ClN4O3. The second-order valence-electron chi connectivity index (χ2n) is 6.51. The molecule has 0 spiro atoms. The minimum Gasteiger partial charge on any atom is -0.450 e. The molecule has 1 aromatic heterocycles. The number of carbonyl (C=O) groups excluding carboxylic acids is 2. The maximum atomic E-state index is 12.5. The summed E-state index contributed by atoms with van der Waals surface area (Å²) in [4.78, 5) is 29.0. The molecule has 0 unspecified atom stereocenters. The molecule has 0 atom stereocenters. The third-order valence-electron chi connectivity index (χ3n) is 4.27. The number of para-hydroxylation sites is 1. The molecular weight excluding hydrogens is 416 g/mol. The smallest absolute Gasteiger partial charge is 0.378 e. The summed E-state index contributed by atoms with van der Waals surface area (Å²) in [5.74, 6) is -0.949. The normalized spacial score (nSPS) is 10.5. The zero-order valence-corrected chi connectivity index (χ0v) is 17.0. The van der Waals surface area contributed by atoms with Crippen LogP contribution in [0.15, 0.2) is 84.9 Å². The number of halogens is 1. The fraction of sp³-hybridized carbons (Fsp3) is 0.0435. The molecule has 0 saturated heterocycles. The number of nitrogens with zero attached hydrogens (tertiary/aromatic N) is 3. The molecule has 0 aliphatic heterocycles. The lowest BCUT2D eigenvalue weighted by atomic mass is 10.2. The highest BCUT2D eigenvalue weighted by Gasteiger charge is 2.20. The molecule has 0 bridgehead atoms. The number of aromatic nitrogens is 3. The molecule has 1 amide bonds. The van der Waals surface area contributed by atoms with Crippen molar-refractivity contribution in [2.45, 2.75) is 0 Å². The van der Waals surface area contributed by atoms with Gasteiger partial charge in [0, 0.05) is 16.3 Å². The Bertz CT molecular complexity index is 1150. The maximum absolute atomic E-state index is 12.5. The van der Waals surface area contributed by atoms with Gasteiger partial charge in [0.2, 0.25) is 0 Å². The van der Waals surface area contributed by atoms with E-state index in [2.05, 4.69) is 15.4 Å². The van der Waals surface area contributed by atoms with Crippen molar-refractivity contribution < 1.29 is 14.3 Å². The van der Waals surface area contributed by atoms with Gasteiger partial charge in [-0.05, 0) is 30.3 Å². The first-order chi connectivity index (χ1) is 15.1. The highest BCUT2D eigenvalue weighted by atomic mass is 35.5. The number of ether oxygens (including phenoxy) is 1. The molecule has 0 aliphatic carbocycles. The summed E-state index contributed by atoms with van der Waals surface area (Å²) in [6.07, 6.45) is 0. The van der Waals surface area contributed by atoms with Crippen molar-refractivity contribution in [2.75, 3.05) is 11.9 Å². The van der Waals surface area contributed by atoms with Crippen LogP contribution in [0.3, 0.4) is 0 Å². The third kappa shape index (κ3) is 4.96. The van der Waals surface area contributed by atoms with Crippen molar-refractivity contribution in [1.82, 2.24) is 14.8 Å². The predicted molar refractivity (Wildman–Crippen MR) is 117 cm³/mol. The van der Waals surface area contributed by atoms with Crippen LogP contribution < -0.4 is 5.32 Å². The summed E-state index contributed by atoms with van der Waals surface area (Å²) >= 11 is 5.90. The Morgan fingerprint density at radius 2 is 1.65 bits per heavy atom. The standard InChI is InChI=1S/C23H17ClN4O3/c24-17-10-7-11-18(14-17)25-20(29)15-31-23(30)21-26-22(16-8-3-1-4-9-16)28(27-21)19-12-5-2-6-13-19/h1-14H,15H2,(H,25,29). The molecule has 8 heteroatoms. The largest absolute Gasteiger partial charge is 0.450 e. The summed E-state index contributed by atoms with van der Waals surface area (Å²) in [6.45, 7) is -0.480. The van der Waals surface area contributed by atoms with E-state index in [1.54, 1.807) is 28.9 Å². The quantitative estimate of drug-likeness (QED) is 0.457. The zero-order chi connectivity index (χ0) is 21.6. The molecule has 31 heavy (non-hydrogen) atoms. The van der Waals surface area contributed by atoms with Gasteiger partial charge in [-0.25, -0.2) is 14.5 Å². The molecule has 154 valence electrons. The number of hydrogen-bond acceptors (Lipinski definition) is 5. The topological polar surface area (TPSA) is 86.1 Å². The molecule has 0 fully saturated rings. The SMILES string of the molecule is O=C(COC(=O)c1nc(-c2ccccc2)n(-c2ccccc2)n1)Nc1cccc(Cl)c1. The van der Waals surface area contributed by atoms with E-state index in [-0.39, 0.29) is 5.82 Å². The Kier molecular flexibility index (Phi) is 6.05. The number of amides is 1. The zero-order valence-electron chi connectivity index (χ0n) is 16.2. The summed E-state index contributed by atoms with van der Waals surface area (Å²) in [5, 5.41) is 7.41. The van der Waals surface area contributed by atoms with Crippen LogP contribution in [0, 0.1) is 0 Å². The molecule has 4 aromatic rings. The van der Waals surface area contributed by atoms with Crippen molar-refractivity contribution in [2.24, 2.45) is 0 Å².